The lowest BCUT2D eigenvalue weighted by atomic mass is 10.0. The Kier molecular flexibility index (Phi) is 13.7. The topological polar surface area (TPSA) is 237 Å². The maximum absolute atomic E-state index is 12.9. The zero-order valence-electron chi connectivity index (χ0n) is 19.4. The number of carboxylic acids is 1. The van der Waals surface area contributed by atoms with E-state index >= 15 is 0 Å². The first-order chi connectivity index (χ1) is 16.7. The summed E-state index contributed by atoms with van der Waals surface area (Å²) in [5.74, 6) is -2.43. The summed E-state index contributed by atoms with van der Waals surface area (Å²) in [5.41, 5.74) is 22.4. The molecule has 0 saturated heterocycles. The monoisotopic (exact) mass is 491 g/mol. The van der Waals surface area contributed by atoms with Crippen LogP contribution in [0.1, 0.15) is 37.7 Å². The van der Waals surface area contributed by atoms with E-state index in [0.717, 1.165) is 5.56 Å². The van der Waals surface area contributed by atoms with Crippen molar-refractivity contribution < 1.29 is 24.3 Å². The largest absolute Gasteiger partial charge is 0.480 e. The van der Waals surface area contributed by atoms with Gasteiger partial charge >= 0.3 is 12.0 Å². The number of rotatable bonds is 17. The van der Waals surface area contributed by atoms with Crippen LogP contribution in [-0.2, 0) is 20.8 Å². The second-order valence-corrected chi connectivity index (χ2v) is 7.78. The van der Waals surface area contributed by atoms with Gasteiger partial charge in [0.2, 0.25) is 11.8 Å². The molecule has 192 valence electrons. The van der Waals surface area contributed by atoms with Gasteiger partial charge in [-0.3, -0.25) is 15.0 Å². The molecule has 14 nitrogen and oxygen atoms in total. The van der Waals surface area contributed by atoms with Crippen LogP contribution in [0.15, 0.2) is 35.6 Å². The molecule has 0 fully saturated rings. The molecule has 0 radical (unpaired) electrons. The Morgan fingerprint density at radius 1 is 0.971 bits per heavy atom. The maximum atomic E-state index is 12.9. The second-order valence-electron chi connectivity index (χ2n) is 7.78. The van der Waals surface area contributed by atoms with Crippen molar-refractivity contribution in [3.05, 3.63) is 46.3 Å². The maximum Gasteiger partial charge on any atom is 0.326 e. The fraction of sp³-hybridized carbons (Fsp3) is 0.524. The van der Waals surface area contributed by atoms with Crippen LogP contribution in [0.5, 0.6) is 0 Å². The standard InChI is InChI=1S/C21H33N9O5/c22-15(9-6-11-25-21(23)35)18(31)27-16(10-4-5-12-26-30-29-24)19(32)28-17(20(33)34)13-14-7-2-1-3-8-14/h1-3,7-8,15-17,26H,4-6,9-13,22H2,(H,27,31)(H,28,32)(H,33,34)(H3,23,25,35)/t15-,16-,17-/m0/s1. The van der Waals surface area contributed by atoms with Gasteiger partial charge in [-0.1, -0.05) is 30.3 Å². The van der Waals surface area contributed by atoms with Crippen LogP contribution >= 0.6 is 0 Å². The summed E-state index contributed by atoms with van der Waals surface area (Å²) in [7, 11) is 0. The molecule has 1 aromatic carbocycles. The molecular weight excluding hydrogens is 458 g/mol. The van der Waals surface area contributed by atoms with Crippen LogP contribution in [0, 0.1) is 0 Å². The lowest BCUT2D eigenvalue weighted by Crippen LogP contribution is -2.54. The van der Waals surface area contributed by atoms with Gasteiger partial charge in [-0.15, -0.1) is 5.53 Å². The number of amides is 4. The highest BCUT2D eigenvalue weighted by atomic mass is 16.4. The summed E-state index contributed by atoms with van der Waals surface area (Å²) in [6, 6.07) is 5.01. The molecule has 0 aliphatic heterocycles. The number of carbonyl (C=O) groups excluding carboxylic acids is 3. The Morgan fingerprint density at radius 3 is 2.29 bits per heavy atom. The molecule has 0 heterocycles. The fourth-order valence-corrected chi connectivity index (χ4v) is 3.17. The predicted octanol–water partition coefficient (Wildman–Crippen LogP) is 0.0443. The minimum absolute atomic E-state index is 0.0744. The van der Waals surface area contributed by atoms with Gasteiger partial charge in [-0.25, -0.2) is 9.59 Å². The molecular formula is C21H33N9O5. The molecule has 1 rings (SSSR count). The Bertz CT molecular complexity index is 877. The third-order valence-electron chi connectivity index (χ3n) is 5.00. The van der Waals surface area contributed by atoms with Gasteiger partial charge in [0.25, 0.3) is 0 Å². The normalized spacial score (nSPS) is 12.8. The van der Waals surface area contributed by atoms with E-state index in [1.807, 2.05) is 0 Å². The first-order valence-corrected chi connectivity index (χ1v) is 11.2. The van der Waals surface area contributed by atoms with Crippen molar-refractivity contribution in [3.8, 4) is 0 Å². The zero-order valence-corrected chi connectivity index (χ0v) is 19.4. The quantitative estimate of drug-likeness (QED) is 0.0518. The molecule has 0 aromatic heterocycles. The molecule has 9 N–H and O–H groups in total. The molecule has 0 aliphatic rings. The van der Waals surface area contributed by atoms with Crippen molar-refractivity contribution in [2.75, 3.05) is 13.1 Å². The zero-order chi connectivity index (χ0) is 26.1. The van der Waals surface area contributed by atoms with Gasteiger partial charge in [-0.05, 0) is 42.9 Å². The minimum atomic E-state index is -1.20. The van der Waals surface area contributed by atoms with E-state index < -0.39 is 41.9 Å². The predicted molar refractivity (Wildman–Crippen MR) is 127 cm³/mol. The van der Waals surface area contributed by atoms with E-state index in [2.05, 4.69) is 31.5 Å². The van der Waals surface area contributed by atoms with Gasteiger partial charge in [-0.2, -0.15) is 4.91 Å². The van der Waals surface area contributed by atoms with Gasteiger partial charge in [0, 0.05) is 13.0 Å². The number of nitrogens with two attached hydrogens (primary N) is 2. The summed E-state index contributed by atoms with van der Waals surface area (Å²) in [6.45, 7) is 0.614. The molecule has 1 aromatic rings. The van der Waals surface area contributed by atoms with Gasteiger partial charge in [0.1, 0.15) is 12.1 Å². The average Bonchev–Trinajstić information content (AvgIpc) is 2.82. The SMILES string of the molecule is [N-]=[N+]=NNCCCC[C@H](NC(=O)[C@@H](N)CCCNC(N)=O)C(=O)N[C@@H](Cc1ccccc1)C(=O)O. The Labute approximate surface area is 202 Å². The second kappa shape index (κ2) is 16.6. The molecule has 35 heavy (non-hydrogen) atoms. The number of benzene rings is 1. The highest BCUT2D eigenvalue weighted by Gasteiger charge is 2.28. The van der Waals surface area contributed by atoms with Crippen LogP contribution in [0.25, 0.3) is 10.4 Å². The van der Waals surface area contributed by atoms with Crippen LogP contribution in [-0.4, -0.2) is 60.1 Å². The van der Waals surface area contributed by atoms with Gasteiger partial charge < -0.3 is 32.5 Å². The highest BCUT2D eigenvalue weighted by Crippen LogP contribution is 2.07. The number of nitrogens with zero attached hydrogens (tertiary/aromatic N) is 3. The van der Waals surface area contributed by atoms with Crippen LogP contribution in [0.4, 0.5) is 4.79 Å². The number of nitrogens with one attached hydrogen (secondary N) is 4. The van der Waals surface area contributed by atoms with Crippen molar-refractivity contribution in [3.63, 3.8) is 0 Å². The van der Waals surface area contributed by atoms with Crippen molar-refractivity contribution in [2.24, 2.45) is 16.7 Å². The highest BCUT2D eigenvalue weighted by molar-refractivity contribution is 5.91. The Balaban J connectivity index is 2.77. The van der Waals surface area contributed by atoms with E-state index in [1.54, 1.807) is 30.3 Å². The smallest absolute Gasteiger partial charge is 0.326 e. The Hall–Kier alpha value is -4.03. The van der Waals surface area contributed by atoms with Crippen molar-refractivity contribution in [2.45, 2.75) is 56.7 Å². The third-order valence-corrected chi connectivity index (χ3v) is 5.00. The molecule has 0 bridgehead atoms. The fourth-order valence-electron chi connectivity index (χ4n) is 3.17. The first kappa shape index (κ1) is 29.0. The number of unbranched alkanes of at least 4 members (excludes halogenated alkanes) is 1. The van der Waals surface area contributed by atoms with Gasteiger partial charge in [0.15, 0.2) is 0 Å². The molecule has 0 unspecified atom stereocenters. The summed E-state index contributed by atoms with van der Waals surface area (Å²) in [6.07, 6.45) is 1.94. The number of carboxylic acid groups (broad SMARTS) is 1. The summed E-state index contributed by atoms with van der Waals surface area (Å²) in [5, 5.41) is 20.3. The van der Waals surface area contributed by atoms with E-state index in [-0.39, 0.29) is 25.8 Å². The molecule has 14 heteroatoms. The van der Waals surface area contributed by atoms with Crippen molar-refractivity contribution in [1.29, 1.82) is 0 Å². The third kappa shape index (κ3) is 12.7. The molecule has 0 saturated carbocycles. The summed E-state index contributed by atoms with van der Waals surface area (Å²) in [4.78, 5) is 50.5. The van der Waals surface area contributed by atoms with Crippen LogP contribution < -0.4 is 32.8 Å². The first-order valence-electron chi connectivity index (χ1n) is 11.2. The summed E-state index contributed by atoms with van der Waals surface area (Å²) < 4.78 is 0. The van der Waals surface area contributed by atoms with Crippen LogP contribution in [0.3, 0.4) is 0 Å². The molecule has 4 amide bonds. The summed E-state index contributed by atoms with van der Waals surface area (Å²) >= 11 is 0. The number of aliphatic carboxylic acids is 1. The van der Waals surface area contributed by atoms with Gasteiger partial charge in [0.05, 0.1) is 12.6 Å². The van der Waals surface area contributed by atoms with E-state index in [4.69, 9.17) is 17.0 Å². The van der Waals surface area contributed by atoms with Crippen molar-refractivity contribution >= 4 is 23.8 Å². The Morgan fingerprint density at radius 2 is 1.66 bits per heavy atom. The number of urea groups is 1. The number of primary amides is 1. The van der Waals surface area contributed by atoms with Crippen LogP contribution in [0.2, 0.25) is 0 Å². The number of azide groups is 1. The number of hydrogen-bond donors (Lipinski definition) is 7. The lowest BCUT2D eigenvalue weighted by Gasteiger charge is -2.23. The lowest BCUT2D eigenvalue weighted by molar-refractivity contribution is -0.142. The average molecular weight is 492 g/mol. The number of hydrogen-bond acceptors (Lipinski definition) is 6. The number of carbonyl (C=O) groups is 4. The van der Waals surface area contributed by atoms with Crippen molar-refractivity contribution in [1.82, 2.24) is 21.4 Å². The van der Waals surface area contributed by atoms with E-state index in [0.29, 0.717) is 25.8 Å². The molecule has 0 spiro atoms. The minimum Gasteiger partial charge on any atom is -0.480 e. The van der Waals surface area contributed by atoms with E-state index in [9.17, 15) is 24.3 Å². The molecule has 3 atom stereocenters. The molecule has 0 aliphatic carbocycles. The van der Waals surface area contributed by atoms with E-state index in [1.165, 1.54) is 0 Å².